The van der Waals surface area contributed by atoms with Gasteiger partial charge in [0.1, 0.15) is 0 Å². The van der Waals surface area contributed by atoms with Gasteiger partial charge in [0.15, 0.2) is 0 Å². The second-order valence-corrected chi connectivity index (χ2v) is 4.81. The monoisotopic (exact) mass is 224 g/mol. The van der Waals surface area contributed by atoms with E-state index in [1.807, 2.05) is 12.4 Å². The van der Waals surface area contributed by atoms with Crippen LogP contribution in [0.15, 0.2) is 36.7 Å². The van der Waals surface area contributed by atoms with Crippen LogP contribution < -0.4 is 5.73 Å². The first-order valence-corrected chi connectivity index (χ1v) is 6.04. The summed E-state index contributed by atoms with van der Waals surface area (Å²) in [6.07, 6.45) is 5.98. The SMILES string of the molecule is Cc1cncc(-c2ccc3c(c2)CCC3N)c1. The molecule has 0 fully saturated rings. The highest BCUT2D eigenvalue weighted by Gasteiger charge is 2.18. The van der Waals surface area contributed by atoms with Crippen molar-refractivity contribution in [1.82, 2.24) is 4.98 Å². The maximum absolute atomic E-state index is 6.05. The Labute approximate surface area is 102 Å². The number of nitrogens with zero attached hydrogens (tertiary/aromatic N) is 1. The molecule has 1 aliphatic rings. The van der Waals surface area contributed by atoms with Crippen LogP contribution >= 0.6 is 0 Å². The Bertz CT molecular complexity index is 561. The molecule has 0 saturated carbocycles. The molecule has 17 heavy (non-hydrogen) atoms. The van der Waals surface area contributed by atoms with Crippen molar-refractivity contribution in [2.24, 2.45) is 5.73 Å². The number of pyridine rings is 1. The highest BCUT2D eigenvalue weighted by molar-refractivity contribution is 5.65. The number of aryl methyl sites for hydroxylation is 2. The number of fused-ring (bicyclic) bond motifs is 1. The smallest absolute Gasteiger partial charge is 0.0346 e. The molecule has 1 unspecified atom stereocenters. The summed E-state index contributed by atoms with van der Waals surface area (Å²) in [4.78, 5) is 4.24. The van der Waals surface area contributed by atoms with E-state index < -0.39 is 0 Å². The molecule has 1 atom stereocenters. The average Bonchev–Trinajstić information content (AvgIpc) is 2.71. The fourth-order valence-corrected chi connectivity index (χ4v) is 2.54. The van der Waals surface area contributed by atoms with Crippen LogP contribution in [0.5, 0.6) is 0 Å². The van der Waals surface area contributed by atoms with Crippen molar-refractivity contribution < 1.29 is 0 Å². The zero-order chi connectivity index (χ0) is 11.8. The molecule has 2 heteroatoms. The summed E-state index contributed by atoms with van der Waals surface area (Å²) in [5.41, 5.74) is 12.4. The quantitative estimate of drug-likeness (QED) is 0.808. The summed E-state index contributed by atoms with van der Waals surface area (Å²) in [5.74, 6) is 0. The van der Waals surface area contributed by atoms with Crippen molar-refractivity contribution in [3.63, 3.8) is 0 Å². The fraction of sp³-hybridized carbons (Fsp3) is 0.267. The van der Waals surface area contributed by atoms with Crippen LogP contribution in [-0.2, 0) is 6.42 Å². The first-order chi connectivity index (χ1) is 8.24. The maximum atomic E-state index is 6.05. The largest absolute Gasteiger partial charge is 0.324 e. The second kappa shape index (κ2) is 3.97. The number of nitrogens with two attached hydrogens (primary N) is 1. The second-order valence-electron chi connectivity index (χ2n) is 4.81. The number of benzene rings is 1. The molecule has 1 heterocycles. The van der Waals surface area contributed by atoms with E-state index in [-0.39, 0.29) is 6.04 Å². The number of hydrogen-bond acceptors (Lipinski definition) is 2. The minimum Gasteiger partial charge on any atom is -0.324 e. The highest BCUT2D eigenvalue weighted by atomic mass is 14.6. The topological polar surface area (TPSA) is 38.9 Å². The third-order valence-corrected chi connectivity index (χ3v) is 3.48. The summed E-state index contributed by atoms with van der Waals surface area (Å²) in [5, 5.41) is 0. The van der Waals surface area contributed by atoms with Gasteiger partial charge in [-0.2, -0.15) is 0 Å². The van der Waals surface area contributed by atoms with Crippen LogP contribution in [0, 0.1) is 6.92 Å². The van der Waals surface area contributed by atoms with Gasteiger partial charge in [0.05, 0.1) is 0 Å². The molecule has 2 N–H and O–H groups in total. The minimum atomic E-state index is 0.231. The van der Waals surface area contributed by atoms with Crippen molar-refractivity contribution in [2.45, 2.75) is 25.8 Å². The molecule has 1 aromatic carbocycles. The summed E-state index contributed by atoms with van der Waals surface area (Å²) in [7, 11) is 0. The predicted octanol–water partition coefficient (Wildman–Crippen LogP) is 3.00. The molecule has 0 saturated heterocycles. The normalized spacial score (nSPS) is 18.1. The molecule has 2 aromatic rings. The van der Waals surface area contributed by atoms with Crippen LogP contribution in [0.3, 0.4) is 0 Å². The summed E-state index contributed by atoms with van der Waals surface area (Å²) in [6.45, 7) is 2.07. The Morgan fingerprint density at radius 1 is 1.18 bits per heavy atom. The Morgan fingerprint density at radius 2 is 2.06 bits per heavy atom. The van der Waals surface area contributed by atoms with Crippen LogP contribution in [-0.4, -0.2) is 4.98 Å². The van der Waals surface area contributed by atoms with Gasteiger partial charge in [-0.05, 0) is 48.1 Å². The lowest BCUT2D eigenvalue weighted by Gasteiger charge is -2.07. The lowest BCUT2D eigenvalue weighted by Crippen LogP contribution is -2.04. The molecule has 1 aromatic heterocycles. The van der Waals surface area contributed by atoms with Gasteiger partial charge in [0.2, 0.25) is 0 Å². The maximum Gasteiger partial charge on any atom is 0.0346 e. The van der Waals surface area contributed by atoms with E-state index in [2.05, 4.69) is 36.2 Å². The van der Waals surface area contributed by atoms with Gasteiger partial charge in [-0.3, -0.25) is 4.98 Å². The Balaban J connectivity index is 2.06. The van der Waals surface area contributed by atoms with Gasteiger partial charge < -0.3 is 5.73 Å². The number of hydrogen-bond donors (Lipinski definition) is 1. The van der Waals surface area contributed by atoms with Crippen LogP contribution in [0.2, 0.25) is 0 Å². The lowest BCUT2D eigenvalue weighted by molar-refractivity contribution is 0.713. The van der Waals surface area contributed by atoms with Crippen LogP contribution in [0.25, 0.3) is 11.1 Å². The minimum absolute atomic E-state index is 0.231. The van der Waals surface area contributed by atoms with Crippen molar-refractivity contribution >= 4 is 0 Å². The van der Waals surface area contributed by atoms with E-state index in [4.69, 9.17) is 5.73 Å². The van der Waals surface area contributed by atoms with Crippen LogP contribution in [0.1, 0.15) is 29.2 Å². The molecule has 0 spiro atoms. The van der Waals surface area contributed by atoms with E-state index in [9.17, 15) is 0 Å². The molecule has 1 aliphatic carbocycles. The molecule has 0 bridgehead atoms. The molecule has 0 amide bonds. The van der Waals surface area contributed by atoms with Gasteiger partial charge >= 0.3 is 0 Å². The molecule has 2 nitrogen and oxygen atoms in total. The molecule has 86 valence electrons. The Morgan fingerprint density at radius 3 is 2.88 bits per heavy atom. The zero-order valence-electron chi connectivity index (χ0n) is 9.98. The van der Waals surface area contributed by atoms with E-state index in [0.717, 1.165) is 12.8 Å². The van der Waals surface area contributed by atoms with Crippen LogP contribution in [0.4, 0.5) is 0 Å². The zero-order valence-corrected chi connectivity index (χ0v) is 9.98. The van der Waals surface area contributed by atoms with Gasteiger partial charge in [0, 0.05) is 24.0 Å². The van der Waals surface area contributed by atoms with Crippen molar-refractivity contribution in [3.05, 3.63) is 53.3 Å². The summed E-state index contributed by atoms with van der Waals surface area (Å²) in [6, 6.07) is 8.99. The fourth-order valence-electron chi connectivity index (χ4n) is 2.54. The third-order valence-electron chi connectivity index (χ3n) is 3.48. The van der Waals surface area contributed by atoms with Gasteiger partial charge in [-0.25, -0.2) is 0 Å². The Kier molecular flexibility index (Phi) is 2.45. The van der Waals surface area contributed by atoms with Crippen molar-refractivity contribution in [3.8, 4) is 11.1 Å². The standard InChI is InChI=1S/C15H16N2/c1-10-6-13(9-17-8-10)11-2-4-14-12(7-11)3-5-15(14)16/h2,4,6-9,15H,3,5,16H2,1H3. The summed E-state index contributed by atoms with van der Waals surface area (Å²) >= 11 is 0. The number of aromatic nitrogens is 1. The van der Waals surface area contributed by atoms with E-state index in [1.165, 1.54) is 27.8 Å². The predicted molar refractivity (Wildman–Crippen MR) is 69.7 cm³/mol. The molecule has 0 radical (unpaired) electrons. The third kappa shape index (κ3) is 1.85. The van der Waals surface area contributed by atoms with Gasteiger partial charge in [-0.15, -0.1) is 0 Å². The van der Waals surface area contributed by atoms with Gasteiger partial charge in [-0.1, -0.05) is 18.2 Å². The number of rotatable bonds is 1. The summed E-state index contributed by atoms with van der Waals surface area (Å²) < 4.78 is 0. The lowest BCUT2D eigenvalue weighted by atomic mass is 10.0. The van der Waals surface area contributed by atoms with Gasteiger partial charge in [0.25, 0.3) is 0 Å². The highest BCUT2D eigenvalue weighted by Crippen LogP contribution is 2.32. The molecule has 3 rings (SSSR count). The first kappa shape index (κ1) is 10.5. The molecular weight excluding hydrogens is 208 g/mol. The molecular formula is C15H16N2. The molecule has 0 aliphatic heterocycles. The first-order valence-electron chi connectivity index (χ1n) is 6.04. The van der Waals surface area contributed by atoms with Crippen molar-refractivity contribution in [1.29, 1.82) is 0 Å². The Hall–Kier alpha value is -1.67. The van der Waals surface area contributed by atoms with E-state index in [0.29, 0.717) is 0 Å². The average molecular weight is 224 g/mol. The van der Waals surface area contributed by atoms with E-state index >= 15 is 0 Å². The van der Waals surface area contributed by atoms with Crippen molar-refractivity contribution in [2.75, 3.05) is 0 Å². The van der Waals surface area contributed by atoms with E-state index in [1.54, 1.807) is 0 Å².